The van der Waals surface area contributed by atoms with Crippen LogP contribution in [0.2, 0.25) is 10.0 Å². The van der Waals surface area contributed by atoms with Crippen LogP contribution in [0.25, 0.3) is 10.9 Å². The molecule has 1 N–H and O–H groups in total. The Morgan fingerprint density at radius 3 is 2.58 bits per heavy atom. The van der Waals surface area contributed by atoms with E-state index in [1.807, 2.05) is 24.3 Å². The van der Waals surface area contributed by atoms with E-state index in [1.165, 1.54) is 0 Å². The van der Waals surface area contributed by atoms with Gasteiger partial charge in [-0.15, -0.1) is 0 Å². The second kappa shape index (κ2) is 5.72. The average molecular weight is 361 g/mol. The summed E-state index contributed by atoms with van der Waals surface area (Å²) in [5.74, 6) is 0.533. The van der Waals surface area contributed by atoms with Gasteiger partial charge < -0.3 is 14.4 Å². The fourth-order valence-electron chi connectivity index (χ4n) is 3.07. The first-order chi connectivity index (χ1) is 11.6. The number of rotatable bonds is 2. The zero-order valence-electron chi connectivity index (χ0n) is 12.8. The number of hydrogen-bond donors (Lipinski definition) is 1. The number of halogens is 2. The van der Waals surface area contributed by atoms with E-state index in [0.717, 1.165) is 16.5 Å². The molecular weight excluding hydrogens is 347 g/mol. The Balaban J connectivity index is 1.75. The number of aryl methyl sites for hydroxylation is 1. The molecule has 0 radical (unpaired) electrons. The Kier molecular flexibility index (Phi) is 3.66. The second-order valence-electron chi connectivity index (χ2n) is 5.66. The van der Waals surface area contributed by atoms with Crippen molar-refractivity contribution in [3.8, 4) is 5.88 Å². The Bertz CT molecular complexity index is 958. The molecule has 3 aromatic rings. The minimum atomic E-state index is -0.362. The molecule has 0 fully saturated rings. The van der Waals surface area contributed by atoms with Gasteiger partial charge in [0.1, 0.15) is 11.7 Å². The molecule has 1 aliphatic heterocycles. The van der Waals surface area contributed by atoms with Crippen LogP contribution in [0.5, 0.6) is 5.88 Å². The number of ether oxygens (including phenoxy) is 1. The van der Waals surface area contributed by atoms with E-state index in [4.69, 9.17) is 27.9 Å². The molecule has 0 spiro atoms. The van der Waals surface area contributed by atoms with E-state index in [9.17, 15) is 5.11 Å². The quantitative estimate of drug-likeness (QED) is 0.719. The highest BCUT2D eigenvalue weighted by molar-refractivity contribution is 6.36. The van der Waals surface area contributed by atoms with Crippen LogP contribution in [0.15, 0.2) is 47.5 Å². The summed E-state index contributed by atoms with van der Waals surface area (Å²) in [5.41, 5.74) is 2.23. The second-order valence-corrected chi connectivity index (χ2v) is 6.48. The number of hydrogen-bond acceptors (Lipinski definition) is 3. The Morgan fingerprint density at radius 2 is 1.83 bits per heavy atom. The first-order valence-electron chi connectivity index (χ1n) is 7.49. The molecule has 6 heteroatoms. The van der Waals surface area contributed by atoms with Gasteiger partial charge in [0.25, 0.3) is 0 Å². The lowest BCUT2D eigenvalue weighted by Gasteiger charge is -2.14. The first kappa shape index (κ1) is 15.4. The Hall–Kier alpha value is -2.17. The van der Waals surface area contributed by atoms with Crippen molar-refractivity contribution in [1.82, 2.24) is 4.57 Å². The summed E-state index contributed by atoms with van der Waals surface area (Å²) >= 11 is 12.5. The van der Waals surface area contributed by atoms with Gasteiger partial charge in [0.15, 0.2) is 0 Å². The van der Waals surface area contributed by atoms with Crippen molar-refractivity contribution in [3.63, 3.8) is 0 Å². The SMILES string of the molecule is Cn1c(O)c(C2=NCC(c3c(Cl)cccc3Cl)O2)c2ccccc21. The number of aliphatic imine (C=N–C) groups is 1. The van der Waals surface area contributed by atoms with Crippen LogP contribution in [-0.4, -0.2) is 22.1 Å². The maximum Gasteiger partial charge on any atom is 0.223 e. The fourth-order valence-corrected chi connectivity index (χ4v) is 3.71. The normalized spacial score (nSPS) is 17.1. The Labute approximate surface area is 148 Å². The molecule has 0 saturated carbocycles. The van der Waals surface area contributed by atoms with Gasteiger partial charge in [0.05, 0.1) is 12.1 Å². The molecule has 2 heterocycles. The lowest BCUT2D eigenvalue weighted by atomic mass is 10.1. The van der Waals surface area contributed by atoms with E-state index in [-0.39, 0.29) is 12.0 Å². The summed E-state index contributed by atoms with van der Waals surface area (Å²) in [5, 5.41) is 12.5. The molecule has 1 unspecified atom stereocenters. The molecule has 0 aliphatic carbocycles. The largest absolute Gasteiger partial charge is 0.494 e. The first-order valence-corrected chi connectivity index (χ1v) is 8.25. The minimum Gasteiger partial charge on any atom is -0.494 e. The lowest BCUT2D eigenvalue weighted by Crippen LogP contribution is -2.07. The highest BCUT2D eigenvalue weighted by Crippen LogP contribution is 2.38. The number of aromatic nitrogens is 1. The molecule has 1 atom stereocenters. The lowest BCUT2D eigenvalue weighted by molar-refractivity contribution is 0.230. The van der Waals surface area contributed by atoms with E-state index < -0.39 is 0 Å². The van der Waals surface area contributed by atoms with Crippen molar-refractivity contribution in [1.29, 1.82) is 0 Å². The summed E-state index contributed by atoms with van der Waals surface area (Å²) in [6.45, 7) is 0.404. The zero-order chi connectivity index (χ0) is 16.8. The molecule has 1 aromatic heterocycles. The molecule has 122 valence electrons. The smallest absolute Gasteiger partial charge is 0.223 e. The van der Waals surface area contributed by atoms with E-state index in [0.29, 0.717) is 28.1 Å². The maximum atomic E-state index is 10.5. The van der Waals surface area contributed by atoms with Crippen LogP contribution in [0.4, 0.5) is 0 Å². The number of nitrogens with zero attached hydrogens (tertiary/aromatic N) is 2. The van der Waals surface area contributed by atoms with Crippen molar-refractivity contribution in [2.45, 2.75) is 6.10 Å². The highest BCUT2D eigenvalue weighted by atomic mass is 35.5. The molecular formula is C18H14Cl2N2O2. The molecule has 24 heavy (non-hydrogen) atoms. The predicted molar refractivity (Wildman–Crippen MR) is 96.3 cm³/mol. The van der Waals surface area contributed by atoms with Crippen molar-refractivity contribution >= 4 is 40.0 Å². The van der Waals surface area contributed by atoms with Gasteiger partial charge >= 0.3 is 0 Å². The highest BCUT2D eigenvalue weighted by Gasteiger charge is 2.30. The predicted octanol–water partition coefficient (Wildman–Crippen LogP) is 4.71. The van der Waals surface area contributed by atoms with Gasteiger partial charge in [0.2, 0.25) is 11.8 Å². The van der Waals surface area contributed by atoms with Crippen LogP contribution in [-0.2, 0) is 11.8 Å². The fraction of sp³-hybridized carbons (Fsp3) is 0.167. The van der Waals surface area contributed by atoms with Crippen molar-refractivity contribution < 1.29 is 9.84 Å². The third-order valence-corrected chi connectivity index (χ3v) is 4.93. The van der Waals surface area contributed by atoms with Crippen LogP contribution >= 0.6 is 23.2 Å². The minimum absolute atomic E-state index is 0.126. The van der Waals surface area contributed by atoms with Gasteiger partial charge in [-0.25, -0.2) is 4.99 Å². The van der Waals surface area contributed by atoms with Crippen molar-refractivity contribution in [2.75, 3.05) is 6.54 Å². The molecule has 0 bridgehead atoms. The zero-order valence-corrected chi connectivity index (χ0v) is 14.3. The number of aromatic hydroxyl groups is 1. The molecule has 4 nitrogen and oxygen atoms in total. The summed E-state index contributed by atoms with van der Waals surface area (Å²) < 4.78 is 7.72. The molecule has 0 saturated heterocycles. The van der Waals surface area contributed by atoms with Crippen molar-refractivity contribution in [2.24, 2.45) is 12.0 Å². The molecule has 1 aliphatic rings. The number of fused-ring (bicyclic) bond motifs is 1. The van der Waals surface area contributed by atoms with Gasteiger partial charge in [-0.1, -0.05) is 47.5 Å². The number of para-hydroxylation sites is 1. The standard InChI is InChI=1S/C18H14Cl2N2O2/c1-22-13-8-3-2-5-10(13)15(18(22)23)17-21-9-14(24-17)16-11(19)6-4-7-12(16)20/h2-8,14,23H,9H2,1H3. The summed E-state index contributed by atoms with van der Waals surface area (Å²) in [4.78, 5) is 4.47. The topological polar surface area (TPSA) is 46.8 Å². The van der Waals surface area contributed by atoms with Gasteiger partial charge in [0, 0.05) is 28.0 Å². The molecule has 4 rings (SSSR count). The van der Waals surface area contributed by atoms with E-state index in [1.54, 1.807) is 29.8 Å². The average Bonchev–Trinajstić information content (AvgIpc) is 3.12. The summed E-state index contributed by atoms with van der Waals surface area (Å²) in [6.07, 6.45) is -0.362. The van der Waals surface area contributed by atoms with Crippen LogP contribution in [0.1, 0.15) is 17.2 Å². The van der Waals surface area contributed by atoms with E-state index >= 15 is 0 Å². The van der Waals surface area contributed by atoms with Gasteiger partial charge in [-0.05, 0) is 18.2 Å². The van der Waals surface area contributed by atoms with Crippen LogP contribution in [0.3, 0.4) is 0 Å². The van der Waals surface area contributed by atoms with Gasteiger partial charge in [-0.3, -0.25) is 0 Å². The maximum absolute atomic E-state index is 10.5. The van der Waals surface area contributed by atoms with Crippen LogP contribution < -0.4 is 0 Å². The molecule has 2 aromatic carbocycles. The van der Waals surface area contributed by atoms with Gasteiger partial charge in [-0.2, -0.15) is 0 Å². The monoisotopic (exact) mass is 360 g/mol. The summed E-state index contributed by atoms with van der Waals surface area (Å²) in [7, 11) is 1.80. The third kappa shape index (κ3) is 2.26. The van der Waals surface area contributed by atoms with Crippen LogP contribution in [0, 0.1) is 0 Å². The third-order valence-electron chi connectivity index (χ3n) is 4.27. The van der Waals surface area contributed by atoms with Crippen molar-refractivity contribution in [3.05, 3.63) is 63.6 Å². The molecule has 0 amide bonds. The summed E-state index contributed by atoms with van der Waals surface area (Å²) in [6, 6.07) is 13.1. The van der Waals surface area contributed by atoms with E-state index in [2.05, 4.69) is 4.99 Å². The Morgan fingerprint density at radius 1 is 1.12 bits per heavy atom. The number of benzene rings is 2.